The van der Waals surface area contributed by atoms with Gasteiger partial charge in [-0.25, -0.2) is 4.79 Å². The summed E-state index contributed by atoms with van der Waals surface area (Å²) in [6, 6.07) is 21.6. The summed E-state index contributed by atoms with van der Waals surface area (Å²) in [5.41, 5.74) is 6.19. The molecule has 0 fully saturated rings. The number of carbonyl (C=O) groups is 1. The lowest BCUT2D eigenvalue weighted by molar-refractivity contribution is 0.0697. The fraction of sp³-hybridized carbons (Fsp3) is 0.0909. The number of carboxylic acid groups (broad SMARTS) is 1. The largest absolute Gasteiger partial charge is 0.497 e. The molecule has 6 nitrogen and oxygen atoms in total. The van der Waals surface area contributed by atoms with Crippen molar-refractivity contribution in [2.75, 3.05) is 19.6 Å². The van der Waals surface area contributed by atoms with Gasteiger partial charge in [-0.2, -0.15) is 5.10 Å². The molecule has 2 N–H and O–H groups in total. The van der Waals surface area contributed by atoms with E-state index in [1.165, 1.54) is 12.1 Å². The summed E-state index contributed by atoms with van der Waals surface area (Å²) in [7, 11) is 3.23. The Kier molecular flexibility index (Phi) is 5.91. The van der Waals surface area contributed by atoms with Crippen molar-refractivity contribution in [2.24, 2.45) is 5.10 Å². The topological polar surface area (TPSA) is 80.2 Å². The van der Waals surface area contributed by atoms with E-state index in [4.69, 9.17) is 14.6 Å². The van der Waals surface area contributed by atoms with Crippen LogP contribution in [0.1, 0.15) is 21.5 Å². The van der Waals surface area contributed by atoms with E-state index >= 15 is 0 Å². The number of benzene rings is 3. The van der Waals surface area contributed by atoms with Crippen LogP contribution in [0.3, 0.4) is 0 Å². The minimum atomic E-state index is -0.988. The first-order valence-electron chi connectivity index (χ1n) is 8.56. The van der Waals surface area contributed by atoms with Crippen LogP contribution in [0.15, 0.2) is 77.9 Å². The van der Waals surface area contributed by atoms with Crippen molar-refractivity contribution in [2.45, 2.75) is 0 Å². The highest BCUT2D eigenvalue weighted by atomic mass is 16.5. The lowest BCUT2D eigenvalue weighted by atomic mass is 10.0. The molecule has 0 spiro atoms. The Bertz CT molecular complexity index is 931. The van der Waals surface area contributed by atoms with Gasteiger partial charge in [0, 0.05) is 11.1 Å². The van der Waals surface area contributed by atoms with Crippen molar-refractivity contribution in [3.63, 3.8) is 0 Å². The number of nitrogens with zero attached hydrogens (tertiary/aromatic N) is 1. The number of methoxy groups -OCH3 is 2. The van der Waals surface area contributed by atoms with Crippen LogP contribution in [-0.2, 0) is 0 Å². The molecule has 0 aromatic heterocycles. The number of carboxylic acids is 1. The molecule has 0 radical (unpaired) electrons. The van der Waals surface area contributed by atoms with Gasteiger partial charge in [-0.15, -0.1) is 0 Å². The van der Waals surface area contributed by atoms with Crippen LogP contribution in [0.2, 0.25) is 0 Å². The molecule has 0 saturated heterocycles. The first-order valence-corrected chi connectivity index (χ1v) is 8.56. The second-order valence-electron chi connectivity index (χ2n) is 5.92. The molecule has 0 atom stereocenters. The summed E-state index contributed by atoms with van der Waals surface area (Å²) >= 11 is 0. The lowest BCUT2D eigenvalue weighted by Crippen LogP contribution is -2.07. The summed E-state index contributed by atoms with van der Waals surface area (Å²) in [5.74, 6) is 0.512. The minimum Gasteiger partial charge on any atom is -0.497 e. The number of aromatic carboxylic acids is 1. The normalized spacial score (nSPS) is 10.1. The molecule has 0 amide bonds. The minimum absolute atomic E-state index is 0.190. The number of nitrogens with one attached hydrogen (secondary N) is 1. The van der Waals surface area contributed by atoms with Gasteiger partial charge in [0.25, 0.3) is 0 Å². The number of rotatable bonds is 7. The van der Waals surface area contributed by atoms with Gasteiger partial charge in [0.15, 0.2) is 0 Å². The van der Waals surface area contributed by atoms with Crippen LogP contribution in [0, 0.1) is 0 Å². The first kappa shape index (κ1) is 19.0. The second kappa shape index (κ2) is 8.73. The van der Waals surface area contributed by atoms with E-state index in [0.29, 0.717) is 11.4 Å². The van der Waals surface area contributed by atoms with Crippen molar-refractivity contribution in [1.29, 1.82) is 0 Å². The number of hydrazone groups is 1. The fourth-order valence-corrected chi connectivity index (χ4v) is 2.64. The third-order valence-corrected chi connectivity index (χ3v) is 4.13. The van der Waals surface area contributed by atoms with Crippen molar-refractivity contribution < 1.29 is 19.4 Å². The summed E-state index contributed by atoms with van der Waals surface area (Å²) in [6.45, 7) is 0. The van der Waals surface area contributed by atoms with Gasteiger partial charge < -0.3 is 14.6 Å². The highest BCUT2D eigenvalue weighted by Gasteiger charge is 2.09. The maximum Gasteiger partial charge on any atom is 0.335 e. The predicted molar refractivity (Wildman–Crippen MR) is 109 cm³/mol. The predicted octanol–water partition coefficient (Wildman–Crippen LogP) is 4.27. The van der Waals surface area contributed by atoms with E-state index in [2.05, 4.69) is 10.5 Å². The van der Waals surface area contributed by atoms with Crippen molar-refractivity contribution in [3.05, 3.63) is 89.5 Å². The van der Waals surface area contributed by atoms with Crippen LogP contribution in [0.25, 0.3) is 0 Å². The Morgan fingerprint density at radius 1 is 0.821 bits per heavy atom. The molecule has 142 valence electrons. The molecule has 0 aliphatic heterocycles. The summed E-state index contributed by atoms with van der Waals surface area (Å²) in [4.78, 5) is 11.2. The second-order valence-corrected chi connectivity index (χ2v) is 5.92. The highest BCUT2D eigenvalue weighted by Crippen LogP contribution is 2.19. The molecular weight excluding hydrogens is 356 g/mol. The molecule has 0 aliphatic carbocycles. The van der Waals surface area contributed by atoms with E-state index in [-0.39, 0.29) is 5.56 Å². The Morgan fingerprint density at radius 2 is 1.36 bits per heavy atom. The van der Waals surface area contributed by atoms with Crippen molar-refractivity contribution in [1.82, 2.24) is 0 Å². The summed E-state index contributed by atoms with van der Waals surface area (Å²) in [6.07, 6.45) is 0. The zero-order valence-corrected chi connectivity index (χ0v) is 15.5. The Labute approximate surface area is 163 Å². The molecular formula is C22H20N2O4. The quantitative estimate of drug-likeness (QED) is 0.476. The van der Waals surface area contributed by atoms with Crippen LogP contribution in [0.5, 0.6) is 11.5 Å². The zero-order chi connectivity index (χ0) is 19.9. The summed E-state index contributed by atoms with van der Waals surface area (Å²) < 4.78 is 10.4. The zero-order valence-electron chi connectivity index (χ0n) is 15.5. The Balaban J connectivity index is 1.97. The van der Waals surface area contributed by atoms with Gasteiger partial charge in [-0.05, 0) is 66.7 Å². The molecule has 3 aromatic rings. The fourth-order valence-electron chi connectivity index (χ4n) is 2.64. The van der Waals surface area contributed by atoms with Crippen LogP contribution >= 0.6 is 0 Å². The molecule has 3 rings (SSSR count). The third-order valence-electron chi connectivity index (χ3n) is 4.13. The van der Waals surface area contributed by atoms with E-state index in [9.17, 15) is 4.79 Å². The van der Waals surface area contributed by atoms with Gasteiger partial charge in [0.05, 0.1) is 31.2 Å². The molecule has 0 aliphatic rings. The van der Waals surface area contributed by atoms with E-state index in [0.717, 1.165) is 22.6 Å². The van der Waals surface area contributed by atoms with Crippen LogP contribution in [0.4, 0.5) is 5.69 Å². The van der Waals surface area contributed by atoms with E-state index in [1.807, 2.05) is 48.5 Å². The lowest BCUT2D eigenvalue weighted by Gasteiger charge is -2.10. The number of anilines is 1. The Morgan fingerprint density at radius 3 is 1.82 bits per heavy atom. The number of hydrogen-bond donors (Lipinski definition) is 2. The van der Waals surface area contributed by atoms with Gasteiger partial charge in [-0.1, -0.05) is 6.07 Å². The smallest absolute Gasteiger partial charge is 0.335 e. The standard InChI is InChI=1S/C22H20N2O4/c1-27-19-10-6-15(7-11-19)21(16-8-12-20(28-2)13-9-16)24-23-18-5-3-4-17(14-18)22(25)26/h3-14,23H,1-2H3,(H,25,26). The third kappa shape index (κ3) is 4.48. The molecule has 0 bridgehead atoms. The van der Waals surface area contributed by atoms with E-state index in [1.54, 1.807) is 26.4 Å². The SMILES string of the molecule is COc1ccc(C(=NNc2cccc(C(=O)O)c2)c2ccc(OC)cc2)cc1. The molecule has 0 unspecified atom stereocenters. The highest BCUT2D eigenvalue weighted by molar-refractivity contribution is 6.13. The van der Waals surface area contributed by atoms with Gasteiger partial charge >= 0.3 is 5.97 Å². The maximum absolute atomic E-state index is 11.2. The van der Waals surface area contributed by atoms with Crippen molar-refractivity contribution in [3.8, 4) is 11.5 Å². The van der Waals surface area contributed by atoms with E-state index < -0.39 is 5.97 Å². The average Bonchev–Trinajstić information content (AvgIpc) is 2.75. The number of ether oxygens (including phenoxy) is 2. The molecule has 28 heavy (non-hydrogen) atoms. The Hall–Kier alpha value is -3.80. The maximum atomic E-state index is 11.2. The first-order chi connectivity index (χ1) is 13.6. The van der Waals surface area contributed by atoms with Gasteiger partial charge in [-0.3, -0.25) is 5.43 Å². The van der Waals surface area contributed by atoms with Crippen molar-refractivity contribution >= 4 is 17.4 Å². The monoisotopic (exact) mass is 376 g/mol. The molecule has 0 heterocycles. The molecule has 3 aromatic carbocycles. The van der Waals surface area contributed by atoms with Gasteiger partial charge in [0.2, 0.25) is 0 Å². The van der Waals surface area contributed by atoms with Gasteiger partial charge in [0.1, 0.15) is 11.5 Å². The molecule has 0 saturated carbocycles. The number of hydrogen-bond acceptors (Lipinski definition) is 5. The van der Waals surface area contributed by atoms with Crippen LogP contribution in [-0.4, -0.2) is 31.0 Å². The van der Waals surface area contributed by atoms with Crippen LogP contribution < -0.4 is 14.9 Å². The molecule has 6 heteroatoms. The summed E-state index contributed by atoms with van der Waals surface area (Å²) in [5, 5.41) is 13.7. The average molecular weight is 376 g/mol.